The van der Waals surface area contributed by atoms with Crippen molar-refractivity contribution in [2.24, 2.45) is 4.99 Å². The van der Waals surface area contributed by atoms with Crippen LogP contribution >= 0.6 is 11.6 Å². The molecule has 1 amide bonds. The molecule has 0 aliphatic carbocycles. The van der Waals surface area contributed by atoms with Gasteiger partial charge in [0, 0.05) is 39.9 Å². The summed E-state index contributed by atoms with van der Waals surface area (Å²) in [4.78, 5) is 16.5. The van der Waals surface area contributed by atoms with Crippen LogP contribution in [0.25, 0.3) is 0 Å². The minimum absolute atomic E-state index is 0.187. The largest absolute Gasteiger partial charge is 0.382 e. The molecule has 146 valence electrons. The summed E-state index contributed by atoms with van der Waals surface area (Å²) in [6.07, 6.45) is 0.837. The van der Waals surface area contributed by atoms with Gasteiger partial charge in [0.2, 0.25) is 0 Å². The van der Waals surface area contributed by atoms with Gasteiger partial charge in [-0.2, -0.15) is 0 Å². The second-order valence-electron chi connectivity index (χ2n) is 5.38. The average molecular weight is 385 g/mol. The summed E-state index contributed by atoms with van der Waals surface area (Å²) in [6.45, 7) is 6.32. The molecule has 1 rings (SSSR count). The molecule has 1 aromatic carbocycles. The quantitative estimate of drug-likeness (QED) is 0.290. The van der Waals surface area contributed by atoms with Crippen LogP contribution in [0.5, 0.6) is 0 Å². The first-order valence-corrected chi connectivity index (χ1v) is 9.18. The fraction of sp³-hybridized carbons (Fsp3) is 0.556. The zero-order chi connectivity index (χ0) is 19.0. The summed E-state index contributed by atoms with van der Waals surface area (Å²) < 4.78 is 10.3. The van der Waals surface area contributed by atoms with Crippen molar-refractivity contribution in [1.82, 2.24) is 16.0 Å². The summed E-state index contributed by atoms with van der Waals surface area (Å²) in [7, 11) is 1.65. The lowest BCUT2D eigenvalue weighted by molar-refractivity contribution is 0.0702. The van der Waals surface area contributed by atoms with E-state index in [4.69, 9.17) is 21.1 Å². The maximum atomic E-state index is 12.1. The Balaban J connectivity index is 2.25. The Bertz CT molecular complexity index is 555. The zero-order valence-corrected chi connectivity index (χ0v) is 16.3. The highest BCUT2D eigenvalue weighted by molar-refractivity contribution is 6.33. The van der Waals surface area contributed by atoms with Crippen LogP contribution in [0.3, 0.4) is 0 Å². The molecule has 0 atom stereocenters. The Morgan fingerprint density at radius 2 is 1.88 bits per heavy atom. The number of ether oxygens (including phenoxy) is 2. The van der Waals surface area contributed by atoms with E-state index in [1.165, 1.54) is 0 Å². The normalized spacial score (nSPS) is 11.3. The van der Waals surface area contributed by atoms with E-state index in [0.29, 0.717) is 50.0 Å². The number of carbonyl (C=O) groups excluding carboxylic acids is 1. The summed E-state index contributed by atoms with van der Waals surface area (Å²) in [5.74, 6) is 0.531. The SMILES string of the molecule is CCNC(=NCCCOCCOC)NCCNC(=O)c1ccccc1Cl. The smallest absolute Gasteiger partial charge is 0.252 e. The number of aliphatic imine (C=N–C) groups is 1. The molecular formula is C18H29ClN4O3. The third-order valence-electron chi connectivity index (χ3n) is 3.31. The van der Waals surface area contributed by atoms with Crippen molar-refractivity contribution >= 4 is 23.5 Å². The molecule has 1 aromatic rings. The lowest BCUT2D eigenvalue weighted by Crippen LogP contribution is -2.41. The second-order valence-corrected chi connectivity index (χ2v) is 5.79. The molecule has 0 aliphatic rings. The van der Waals surface area contributed by atoms with Crippen LogP contribution in [-0.2, 0) is 9.47 Å². The number of hydrogen-bond donors (Lipinski definition) is 3. The number of halogens is 1. The fourth-order valence-electron chi connectivity index (χ4n) is 2.04. The summed E-state index contributed by atoms with van der Waals surface area (Å²) in [5.41, 5.74) is 0.475. The van der Waals surface area contributed by atoms with E-state index in [2.05, 4.69) is 20.9 Å². The number of benzene rings is 1. The number of guanidine groups is 1. The monoisotopic (exact) mass is 384 g/mol. The van der Waals surface area contributed by atoms with Gasteiger partial charge in [-0.3, -0.25) is 9.79 Å². The van der Waals surface area contributed by atoms with Gasteiger partial charge in [-0.25, -0.2) is 0 Å². The van der Waals surface area contributed by atoms with Gasteiger partial charge in [-0.1, -0.05) is 23.7 Å². The third-order valence-corrected chi connectivity index (χ3v) is 3.64. The molecule has 0 unspecified atom stereocenters. The zero-order valence-electron chi connectivity index (χ0n) is 15.5. The van der Waals surface area contributed by atoms with Gasteiger partial charge in [0.05, 0.1) is 23.8 Å². The van der Waals surface area contributed by atoms with E-state index in [1.807, 2.05) is 6.92 Å². The highest BCUT2D eigenvalue weighted by Gasteiger charge is 2.08. The minimum Gasteiger partial charge on any atom is -0.382 e. The van der Waals surface area contributed by atoms with Crippen LogP contribution in [0.4, 0.5) is 0 Å². The molecular weight excluding hydrogens is 356 g/mol. The van der Waals surface area contributed by atoms with Crippen LogP contribution in [-0.4, -0.2) is 65.0 Å². The van der Waals surface area contributed by atoms with Gasteiger partial charge in [-0.15, -0.1) is 0 Å². The van der Waals surface area contributed by atoms with Crippen molar-refractivity contribution in [1.29, 1.82) is 0 Å². The second kappa shape index (κ2) is 14.4. The lowest BCUT2D eigenvalue weighted by atomic mass is 10.2. The van der Waals surface area contributed by atoms with Gasteiger partial charge in [0.15, 0.2) is 5.96 Å². The van der Waals surface area contributed by atoms with E-state index in [-0.39, 0.29) is 5.91 Å². The van der Waals surface area contributed by atoms with Crippen molar-refractivity contribution < 1.29 is 14.3 Å². The van der Waals surface area contributed by atoms with Crippen LogP contribution in [0.2, 0.25) is 5.02 Å². The van der Waals surface area contributed by atoms with Crippen molar-refractivity contribution in [2.45, 2.75) is 13.3 Å². The average Bonchev–Trinajstić information content (AvgIpc) is 2.64. The van der Waals surface area contributed by atoms with Gasteiger partial charge in [0.1, 0.15) is 0 Å². The molecule has 3 N–H and O–H groups in total. The van der Waals surface area contributed by atoms with Gasteiger partial charge in [-0.05, 0) is 25.5 Å². The van der Waals surface area contributed by atoms with Gasteiger partial charge < -0.3 is 25.4 Å². The summed E-state index contributed by atoms with van der Waals surface area (Å²) in [5, 5.41) is 9.63. The highest BCUT2D eigenvalue weighted by atomic mass is 35.5. The maximum absolute atomic E-state index is 12.1. The molecule has 0 aliphatic heterocycles. The number of carbonyl (C=O) groups is 1. The molecule has 0 radical (unpaired) electrons. The number of rotatable bonds is 12. The molecule has 0 bridgehead atoms. The molecule has 0 aromatic heterocycles. The Kier molecular flexibility index (Phi) is 12.3. The van der Waals surface area contributed by atoms with E-state index in [0.717, 1.165) is 18.9 Å². The predicted molar refractivity (Wildman–Crippen MR) is 105 cm³/mol. The minimum atomic E-state index is -0.187. The number of hydrogen-bond acceptors (Lipinski definition) is 4. The van der Waals surface area contributed by atoms with Gasteiger partial charge in [0.25, 0.3) is 5.91 Å². The predicted octanol–water partition coefficient (Wildman–Crippen LogP) is 1.68. The fourth-order valence-corrected chi connectivity index (χ4v) is 2.26. The summed E-state index contributed by atoms with van der Waals surface area (Å²) >= 11 is 6.01. The van der Waals surface area contributed by atoms with E-state index < -0.39 is 0 Å². The number of nitrogens with zero attached hydrogens (tertiary/aromatic N) is 1. The first kappa shape index (κ1) is 22.2. The Morgan fingerprint density at radius 3 is 2.62 bits per heavy atom. The Labute approximate surface area is 160 Å². The third kappa shape index (κ3) is 9.60. The number of methoxy groups -OCH3 is 1. The van der Waals surface area contributed by atoms with Gasteiger partial charge >= 0.3 is 0 Å². The van der Waals surface area contributed by atoms with Crippen molar-refractivity contribution in [3.05, 3.63) is 34.9 Å². The molecule has 0 spiro atoms. The van der Waals surface area contributed by atoms with Crippen LogP contribution in [0, 0.1) is 0 Å². The topological polar surface area (TPSA) is 84.0 Å². The summed E-state index contributed by atoms with van der Waals surface area (Å²) in [6, 6.07) is 6.98. The number of nitrogens with one attached hydrogen (secondary N) is 3. The Morgan fingerprint density at radius 1 is 1.12 bits per heavy atom. The number of amides is 1. The van der Waals surface area contributed by atoms with Crippen molar-refractivity contribution in [3.63, 3.8) is 0 Å². The first-order chi connectivity index (χ1) is 12.7. The maximum Gasteiger partial charge on any atom is 0.252 e. The van der Waals surface area contributed by atoms with Crippen molar-refractivity contribution in [2.75, 3.05) is 53.1 Å². The molecule has 0 fully saturated rings. The van der Waals surface area contributed by atoms with Crippen molar-refractivity contribution in [3.8, 4) is 0 Å². The lowest BCUT2D eigenvalue weighted by Gasteiger charge is -2.12. The van der Waals surface area contributed by atoms with Crippen LogP contribution in [0.15, 0.2) is 29.3 Å². The highest BCUT2D eigenvalue weighted by Crippen LogP contribution is 2.14. The van der Waals surface area contributed by atoms with E-state index in [9.17, 15) is 4.79 Å². The molecule has 0 saturated carbocycles. The van der Waals surface area contributed by atoms with Crippen LogP contribution < -0.4 is 16.0 Å². The Hall–Kier alpha value is -1.83. The molecule has 7 nitrogen and oxygen atoms in total. The molecule has 8 heteroatoms. The first-order valence-electron chi connectivity index (χ1n) is 8.80. The molecule has 0 saturated heterocycles. The standard InChI is InChI=1S/C18H29ClN4O3/c1-3-20-18(22-9-6-12-26-14-13-25-2)23-11-10-21-17(24)15-7-4-5-8-16(15)19/h4-5,7-8H,3,6,9-14H2,1-2H3,(H,21,24)(H2,20,22,23). The van der Waals surface area contributed by atoms with E-state index >= 15 is 0 Å². The molecule has 26 heavy (non-hydrogen) atoms. The molecule has 0 heterocycles. The van der Waals surface area contributed by atoms with Crippen LogP contribution in [0.1, 0.15) is 23.7 Å². The van der Waals surface area contributed by atoms with E-state index in [1.54, 1.807) is 31.4 Å².